The summed E-state index contributed by atoms with van der Waals surface area (Å²) in [5.74, 6) is 0.00312. The number of rotatable bonds is 4. The van der Waals surface area contributed by atoms with Crippen LogP contribution in [0.5, 0.6) is 5.75 Å². The largest absolute Gasteiger partial charge is 0.508 e. The summed E-state index contributed by atoms with van der Waals surface area (Å²) >= 11 is 0. The Bertz CT molecular complexity index is 621. The number of amides is 1. The molecule has 2 aromatic carbocycles. The Hall–Kier alpha value is -2.62. The molecule has 102 valence electrons. The fourth-order valence-electron chi connectivity index (χ4n) is 1.76. The van der Waals surface area contributed by atoms with Crippen LogP contribution in [0.1, 0.15) is 18.1 Å². The normalized spacial score (nSPS) is 11.2. The maximum atomic E-state index is 11.7. The Kier molecular flexibility index (Phi) is 4.50. The van der Waals surface area contributed by atoms with E-state index >= 15 is 0 Å². The molecule has 0 aliphatic heterocycles. The number of nitrogens with one attached hydrogen (secondary N) is 1. The monoisotopic (exact) mass is 268 g/mol. The van der Waals surface area contributed by atoms with Crippen molar-refractivity contribution in [2.45, 2.75) is 13.3 Å². The maximum Gasteiger partial charge on any atom is 0.244 e. The summed E-state index contributed by atoms with van der Waals surface area (Å²) in [5.41, 5.74) is 4.87. The van der Waals surface area contributed by atoms with Crippen LogP contribution in [-0.2, 0) is 11.2 Å². The molecule has 0 atom stereocenters. The van der Waals surface area contributed by atoms with Crippen LogP contribution < -0.4 is 5.43 Å². The minimum Gasteiger partial charge on any atom is -0.508 e. The second-order valence-corrected chi connectivity index (χ2v) is 4.44. The Morgan fingerprint density at radius 1 is 1.15 bits per heavy atom. The number of carbonyl (C=O) groups is 1. The first-order valence-corrected chi connectivity index (χ1v) is 6.31. The molecule has 0 bridgehead atoms. The van der Waals surface area contributed by atoms with E-state index in [2.05, 4.69) is 10.5 Å². The highest BCUT2D eigenvalue weighted by atomic mass is 16.3. The van der Waals surface area contributed by atoms with Gasteiger partial charge in [0.05, 0.1) is 12.1 Å². The molecule has 0 heterocycles. The quantitative estimate of drug-likeness (QED) is 0.661. The number of phenolic OH excluding ortho intramolecular Hbond substituents is 1. The summed E-state index contributed by atoms with van der Waals surface area (Å²) in [4.78, 5) is 11.7. The number of phenols is 1. The number of carbonyl (C=O) groups excluding carboxylic acids is 1. The zero-order chi connectivity index (χ0) is 14.4. The van der Waals surface area contributed by atoms with Gasteiger partial charge < -0.3 is 5.11 Å². The SMILES string of the molecule is C/C(=N\NC(=O)Cc1ccccc1)c1cccc(O)c1. The van der Waals surface area contributed by atoms with E-state index in [0.717, 1.165) is 11.1 Å². The van der Waals surface area contributed by atoms with Gasteiger partial charge in [0, 0.05) is 5.56 Å². The highest BCUT2D eigenvalue weighted by Crippen LogP contribution is 2.11. The highest BCUT2D eigenvalue weighted by molar-refractivity contribution is 5.99. The van der Waals surface area contributed by atoms with E-state index in [4.69, 9.17) is 0 Å². The summed E-state index contributed by atoms with van der Waals surface area (Å²) in [6.45, 7) is 1.78. The van der Waals surface area contributed by atoms with E-state index in [1.165, 1.54) is 0 Å². The van der Waals surface area contributed by atoms with Gasteiger partial charge in [0.1, 0.15) is 5.75 Å². The van der Waals surface area contributed by atoms with Gasteiger partial charge in [-0.25, -0.2) is 5.43 Å². The first-order chi connectivity index (χ1) is 9.65. The lowest BCUT2D eigenvalue weighted by Gasteiger charge is -2.03. The summed E-state index contributed by atoms with van der Waals surface area (Å²) in [5, 5.41) is 13.4. The molecule has 0 saturated heterocycles. The fourth-order valence-corrected chi connectivity index (χ4v) is 1.76. The second-order valence-electron chi connectivity index (χ2n) is 4.44. The minimum atomic E-state index is -0.171. The predicted octanol–water partition coefficient (Wildman–Crippen LogP) is 2.48. The molecule has 0 radical (unpaired) electrons. The molecule has 0 fully saturated rings. The van der Waals surface area contributed by atoms with Crippen molar-refractivity contribution in [3.63, 3.8) is 0 Å². The molecule has 1 amide bonds. The Morgan fingerprint density at radius 2 is 1.90 bits per heavy atom. The van der Waals surface area contributed by atoms with Gasteiger partial charge in [0.15, 0.2) is 0 Å². The molecular formula is C16H16N2O2. The highest BCUT2D eigenvalue weighted by Gasteiger charge is 2.03. The van der Waals surface area contributed by atoms with E-state index in [0.29, 0.717) is 5.71 Å². The lowest BCUT2D eigenvalue weighted by molar-refractivity contribution is -0.120. The van der Waals surface area contributed by atoms with Crippen molar-refractivity contribution in [3.05, 3.63) is 65.7 Å². The molecule has 0 spiro atoms. The standard InChI is InChI=1S/C16H16N2O2/c1-12(14-8-5-9-15(19)11-14)17-18-16(20)10-13-6-3-2-4-7-13/h2-9,11,19H,10H2,1H3,(H,18,20)/b17-12+. The van der Waals surface area contributed by atoms with Crippen LogP contribution in [-0.4, -0.2) is 16.7 Å². The van der Waals surface area contributed by atoms with E-state index in [1.54, 1.807) is 25.1 Å². The fraction of sp³-hybridized carbons (Fsp3) is 0.125. The molecule has 20 heavy (non-hydrogen) atoms. The second kappa shape index (κ2) is 6.52. The van der Waals surface area contributed by atoms with Crippen LogP contribution >= 0.6 is 0 Å². The Morgan fingerprint density at radius 3 is 2.60 bits per heavy atom. The summed E-state index contributed by atoms with van der Waals surface area (Å²) in [6.07, 6.45) is 0.289. The smallest absolute Gasteiger partial charge is 0.244 e. The van der Waals surface area contributed by atoms with Gasteiger partial charge in [-0.05, 0) is 24.6 Å². The van der Waals surface area contributed by atoms with Crippen LogP contribution in [0.25, 0.3) is 0 Å². The summed E-state index contributed by atoms with van der Waals surface area (Å²) < 4.78 is 0. The van der Waals surface area contributed by atoms with Crippen molar-refractivity contribution in [1.29, 1.82) is 0 Å². The third kappa shape index (κ3) is 3.95. The minimum absolute atomic E-state index is 0.171. The topological polar surface area (TPSA) is 61.7 Å². The zero-order valence-electron chi connectivity index (χ0n) is 11.2. The van der Waals surface area contributed by atoms with Gasteiger partial charge in [0.2, 0.25) is 5.91 Å². The number of benzene rings is 2. The summed E-state index contributed by atoms with van der Waals surface area (Å²) in [6, 6.07) is 16.2. The Balaban J connectivity index is 1.97. The third-order valence-electron chi connectivity index (χ3n) is 2.82. The third-order valence-corrected chi connectivity index (χ3v) is 2.82. The average molecular weight is 268 g/mol. The molecule has 0 saturated carbocycles. The number of hydrazone groups is 1. The van der Waals surface area contributed by atoms with Gasteiger partial charge in [-0.15, -0.1) is 0 Å². The van der Waals surface area contributed by atoms with Crippen LogP contribution in [0.3, 0.4) is 0 Å². The van der Waals surface area contributed by atoms with Gasteiger partial charge in [-0.2, -0.15) is 5.10 Å². The van der Waals surface area contributed by atoms with Gasteiger partial charge in [-0.3, -0.25) is 4.79 Å². The molecule has 2 N–H and O–H groups in total. The van der Waals surface area contributed by atoms with Crippen molar-refractivity contribution in [2.75, 3.05) is 0 Å². The lowest BCUT2D eigenvalue weighted by Crippen LogP contribution is -2.21. The molecule has 2 rings (SSSR count). The van der Waals surface area contributed by atoms with Crippen molar-refractivity contribution in [3.8, 4) is 5.75 Å². The van der Waals surface area contributed by atoms with Crippen molar-refractivity contribution in [2.24, 2.45) is 5.10 Å². The number of hydrogen-bond acceptors (Lipinski definition) is 3. The van der Waals surface area contributed by atoms with Crippen molar-refractivity contribution in [1.82, 2.24) is 5.43 Å². The number of aromatic hydroxyl groups is 1. The van der Waals surface area contributed by atoms with Crippen LogP contribution in [0, 0.1) is 0 Å². The molecule has 2 aromatic rings. The van der Waals surface area contributed by atoms with E-state index in [-0.39, 0.29) is 18.1 Å². The molecular weight excluding hydrogens is 252 g/mol. The summed E-state index contributed by atoms with van der Waals surface area (Å²) in [7, 11) is 0. The van der Waals surface area contributed by atoms with Crippen LogP contribution in [0.2, 0.25) is 0 Å². The van der Waals surface area contributed by atoms with Crippen LogP contribution in [0.4, 0.5) is 0 Å². The van der Waals surface area contributed by atoms with Crippen LogP contribution in [0.15, 0.2) is 59.7 Å². The first-order valence-electron chi connectivity index (χ1n) is 6.31. The molecule has 0 aliphatic carbocycles. The lowest BCUT2D eigenvalue weighted by atomic mass is 10.1. The molecule has 0 unspecified atom stereocenters. The maximum absolute atomic E-state index is 11.7. The van der Waals surface area contributed by atoms with Crippen molar-refractivity contribution >= 4 is 11.6 Å². The zero-order valence-corrected chi connectivity index (χ0v) is 11.2. The molecule has 0 aromatic heterocycles. The Labute approximate surface area is 117 Å². The van der Waals surface area contributed by atoms with Crippen molar-refractivity contribution < 1.29 is 9.90 Å². The molecule has 4 heteroatoms. The predicted molar refractivity (Wildman–Crippen MR) is 78.6 cm³/mol. The van der Waals surface area contributed by atoms with E-state index < -0.39 is 0 Å². The van der Waals surface area contributed by atoms with Gasteiger partial charge in [0.25, 0.3) is 0 Å². The number of hydrogen-bond donors (Lipinski definition) is 2. The van der Waals surface area contributed by atoms with Gasteiger partial charge in [-0.1, -0.05) is 42.5 Å². The first kappa shape index (κ1) is 13.8. The number of nitrogens with zero attached hydrogens (tertiary/aromatic N) is 1. The average Bonchev–Trinajstić information content (AvgIpc) is 2.46. The van der Waals surface area contributed by atoms with E-state index in [9.17, 15) is 9.90 Å². The molecule has 4 nitrogen and oxygen atoms in total. The van der Waals surface area contributed by atoms with E-state index in [1.807, 2.05) is 36.4 Å². The van der Waals surface area contributed by atoms with Gasteiger partial charge >= 0.3 is 0 Å². The molecule has 0 aliphatic rings.